The van der Waals surface area contributed by atoms with Crippen molar-refractivity contribution in [2.45, 2.75) is 38.5 Å². The zero-order valence-electron chi connectivity index (χ0n) is 20.2. The first-order valence-corrected chi connectivity index (χ1v) is 13.4. The molecule has 7 nitrogen and oxygen atoms in total. The van der Waals surface area contributed by atoms with Crippen LogP contribution in [-0.4, -0.2) is 31.5 Å². The fraction of sp³-hybridized carbons (Fsp3) is 0.259. The molecule has 1 aliphatic rings. The molecule has 0 saturated heterocycles. The monoisotopic (exact) mass is 487 g/mol. The Balaban J connectivity index is 1.36. The van der Waals surface area contributed by atoms with E-state index < -0.39 is 10.0 Å². The maximum absolute atomic E-state index is 13.3. The Bertz CT molecular complexity index is 1500. The van der Waals surface area contributed by atoms with Gasteiger partial charge in [0.1, 0.15) is 17.5 Å². The van der Waals surface area contributed by atoms with Gasteiger partial charge in [0.05, 0.1) is 4.90 Å². The number of aryl methyl sites for hydroxylation is 3. The van der Waals surface area contributed by atoms with Crippen molar-refractivity contribution < 1.29 is 8.42 Å². The summed E-state index contributed by atoms with van der Waals surface area (Å²) in [6, 6.07) is 18.9. The van der Waals surface area contributed by atoms with Gasteiger partial charge in [0.15, 0.2) is 0 Å². The molecule has 1 heterocycles. The van der Waals surface area contributed by atoms with Crippen LogP contribution in [0.1, 0.15) is 30.8 Å². The highest BCUT2D eigenvalue weighted by atomic mass is 32.2. The molecule has 3 aromatic carbocycles. The number of hydrogen-bond donors (Lipinski definition) is 2. The van der Waals surface area contributed by atoms with Gasteiger partial charge in [-0.1, -0.05) is 24.3 Å². The van der Waals surface area contributed by atoms with Gasteiger partial charge in [-0.3, -0.25) is 4.72 Å². The van der Waals surface area contributed by atoms with Crippen LogP contribution in [0.15, 0.2) is 65.6 Å². The van der Waals surface area contributed by atoms with Crippen LogP contribution in [0.4, 0.5) is 23.0 Å². The van der Waals surface area contributed by atoms with Crippen molar-refractivity contribution in [3.05, 3.63) is 77.6 Å². The van der Waals surface area contributed by atoms with Gasteiger partial charge in [0.25, 0.3) is 10.0 Å². The zero-order chi connectivity index (χ0) is 24.6. The Labute approximate surface area is 206 Å². The minimum atomic E-state index is -3.71. The summed E-state index contributed by atoms with van der Waals surface area (Å²) in [5.41, 5.74) is 3.45. The smallest absolute Gasteiger partial charge is 0.262 e. The van der Waals surface area contributed by atoms with Gasteiger partial charge in [0.2, 0.25) is 0 Å². The minimum absolute atomic E-state index is 0.359. The van der Waals surface area contributed by atoms with Gasteiger partial charge in [-0.05, 0) is 85.8 Å². The summed E-state index contributed by atoms with van der Waals surface area (Å²) in [5, 5.41) is 5.47. The summed E-state index contributed by atoms with van der Waals surface area (Å²) < 4.78 is 29.3. The van der Waals surface area contributed by atoms with Crippen LogP contribution < -0.4 is 14.9 Å². The van der Waals surface area contributed by atoms with E-state index in [0.717, 1.165) is 53.8 Å². The number of anilines is 4. The Morgan fingerprint density at radius 3 is 2.40 bits per heavy atom. The van der Waals surface area contributed by atoms with Crippen molar-refractivity contribution in [2.75, 3.05) is 28.0 Å². The molecule has 180 valence electrons. The fourth-order valence-corrected chi connectivity index (χ4v) is 6.12. The summed E-state index contributed by atoms with van der Waals surface area (Å²) >= 11 is 0. The van der Waals surface area contributed by atoms with E-state index in [1.54, 1.807) is 18.2 Å². The molecule has 0 fully saturated rings. The first-order chi connectivity index (χ1) is 16.9. The van der Waals surface area contributed by atoms with Crippen LogP contribution in [0.25, 0.3) is 10.8 Å². The number of aromatic nitrogens is 2. The van der Waals surface area contributed by atoms with Gasteiger partial charge in [-0.2, -0.15) is 0 Å². The molecule has 0 atom stereocenters. The molecule has 0 saturated carbocycles. The van der Waals surface area contributed by atoms with E-state index in [0.29, 0.717) is 22.2 Å². The number of nitrogens with zero attached hydrogens (tertiary/aromatic N) is 3. The minimum Gasteiger partial charge on any atom is -0.357 e. The summed E-state index contributed by atoms with van der Waals surface area (Å²) in [7, 11) is -3.71. The lowest BCUT2D eigenvalue weighted by molar-refractivity contribution is 0.600. The van der Waals surface area contributed by atoms with Crippen molar-refractivity contribution in [1.29, 1.82) is 0 Å². The van der Waals surface area contributed by atoms with E-state index in [1.165, 1.54) is 5.56 Å². The van der Waals surface area contributed by atoms with E-state index in [2.05, 4.69) is 44.8 Å². The summed E-state index contributed by atoms with van der Waals surface area (Å²) in [4.78, 5) is 11.5. The van der Waals surface area contributed by atoms with E-state index in [-0.39, 0.29) is 0 Å². The van der Waals surface area contributed by atoms with E-state index >= 15 is 0 Å². The number of nitrogens with one attached hydrogen (secondary N) is 2. The van der Waals surface area contributed by atoms with Crippen molar-refractivity contribution in [3.8, 4) is 0 Å². The maximum atomic E-state index is 13.3. The quantitative estimate of drug-likeness (QED) is 0.345. The van der Waals surface area contributed by atoms with Gasteiger partial charge < -0.3 is 10.2 Å². The molecule has 1 aliphatic carbocycles. The highest BCUT2D eigenvalue weighted by Gasteiger charge is 2.25. The molecule has 2 N–H and O–H groups in total. The average molecular weight is 488 g/mol. The number of hydrogen-bond acceptors (Lipinski definition) is 6. The lowest BCUT2D eigenvalue weighted by atomic mass is 10.1. The first kappa shape index (κ1) is 23.1. The number of sulfonamides is 1. The van der Waals surface area contributed by atoms with Gasteiger partial charge in [0, 0.05) is 30.5 Å². The Kier molecular flexibility index (Phi) is 6.06. The number of rotatable bonds is 8. The topological polar surface area (TPSA) is 87.2 Å². The zero-order valence-corrected chi connectivity index (χ0v) is 21.0. The summed E-state index contributed by atoms with van der Waals surface area (Å²) in [6.45, 7) is 7.79. The molecular weight excluding hydrogens is 458 g/mol. The third-order valence-electron chi connectivity index (χ3n) is 6.45. The molecule has 0 bridgehead atoms. The van der Waals surface area contributed by atoms with Crippen molar-refractivity contribution >= 4 is 43.8 Å². The van der Waals surface area contributed by atoms with Crippen LogP contribution in [0.5, 0.6) is 0 Å². The molecular formula is C27H29N5O2S. The van der Waals surface area contributed by atoms with Crippen LogP contribution in [0, 0.1) is 6.92 Å². The van der Waals surface area contributed by atoms with Gasteiger partial charge in [-0.25, -0.2) is 18.4 Å². The lowest BCUT2D eigenvalue weighted by Gasteiger charge is -2.20. The van der Waals surface area contributed by atoms with E-state index in [9.17, 15) is 8.42 Å². The van der Waals surface area contributed by atoms with Crippen LogP contribution in [0.2, 0.25) is 0 Å². The van der Waals surface area contributed by atoms with Crippen molar-refractivity contribution in [3.63, 3.8) is 0 Å². The fourth-order valence-electron chi connectivity index (χ4n) is 4.79. The molecule has 0 spiro atoms. The highest BCUT2D eigenvalue weighted by molar-refractivity contribution is 7.92. The first-order valence-electron chi connectivity index (χ1n) is 11.9. The molecule has 5 rings (SSSR count). The second-order valence-corrected chi connectivity index (χ2v) is 10.3. The molecule has 0 amide bonds. The Morgan fingerprint density at radius 1 is 0.914 bits per heavy atom. The summed E-state index contributed by atoms with van der Waals surface area (Å²) in [6.07, 6.45) is 1.61. The standard InChI is InChI=1S/C27H29N5O2S/c1-4-32(5-2)26-17-25(28-18(3)29-26)30-21-11-13-22(14-12-21)31-35(33,34)24-16-10-20-8-6-7-19-9-15-23(24)27(19)20/h6-8,10-14,16-17,31H,4-5,9,15H2,1-3H3,(H,28,29,30). The second kappa shape index (κ2) is 9.19. The Morgan fingerprint density at radius 2 is 1.66 bits per heavy atom. The molecule has 4 aromatic rings. The molecule has 0 aliphatic heterocycles. The molecule has 1 aromatic heterocycles. The molecule has 0 radical (unpaired) electrons. The van der Waals surface area contributed by atoms with Crippen LogP contribution in [0.3, 0.4) is 0 Å². The molecule has 8 heteroatoms. The largest absolute Gasteiger partial charge is 0.357 e. The van der Waals surface area contributed by atoms with E-state index in [4.69, 9.17) is 0 Å². The summed E-state index contributed by atoms with van der Waals surface area (Å²) in [5.74, 6) is 2.26. The normalized spacial score (nSPS) is 12.7. The maximum Gasteiger partial charge on any atom is 0.262 e. The second-order valence-electron chi connectivity index (χ2n) is 8.70. The van der Waals surface area contributed by atoms with Crippen LogP contribution in [-0.2, 0) is 22.9 Å². The predicted octanol–water partition coefficient (Wildman–Crippen LogP) is 5.43. The van der Waals surface area contributed by atoms with Gasteiger partial charge in [-0.15, -0.1) is 0 Å². The average Bonchev–Trinajstić information content (AvgIpc) is 3.26. The predicted molar refractivity (Wildman–Crippen MR) is 142 cm³/mol. The van der Waals surface area contributed by atoms with Crippen molar-refractivity contribution in [2.24, 2.45) is 0 Å². The Hall–Kier alpha value is -3.65. The molecule has 35 heavy (non-hydrogen) atoms. The van der Waals surface area contributed by atoms with Gasteiger partial charge >= 0.3 is 0 Å². The van der Waals surface area contributed by atoms with E-state index in [1.807, 2.05) is 43.3 Å². The number of benzene rings is 3. The molecule has 0 unspecified atom stereocenters. The highest BCUT2D eigenvalue weighted by Crippen LogP contribution is 2.35. The van der Waals surface area contributed by atoms with Crippen LogP contribution >= 0.6 is 0 Å². The van der Waals surface area contributed by atoms with Crippen molar-refractivity contribution in [1.82, 2.24) is 9.97 Å². The lowest BCUT2D eigenvalue weighted by Crippen LogP contribution is -2.23. The third-order valence-corrected chi connectivity index (χ3v) is 7.92. The SMILES string of the molecule is CCN(CC)c1cc(Nc2ccc(NS(=O)(=O)c3ccc4cccc5c4c3CC5)cc2)nc(C)n1. The third kappa shape index (κ3) is 4.53.